The molecule has 0 bridgehead atoms. The molecule has 0 radical (unpaired) electrons. The van der Waals surface area contributed by atoms with Gasteiger partial charge in [-0.2, -0.15) is 5.26 Å². The van der Waals surface area contributed by atoms with Gasteiger partial charge >= 0.3 is 0 Å². The molecule has 0 unspecified atom stereocenters. The molecule has 4 rings (SSSR count). The second-order valence-electron chi connectivity index (χ2n) is 7.57. The quantitative estimate of drug-likeness (QED) is 0.426. The first-order valence-electron chi connectivity index (χ1n) is 10.1. The third kappa shape index (κ3) is 4.83. The van der Waals surface area contributed by atoms with E-state index in [1.54, 1.807) is 55.6 Å². The lowest BCUT2D eigenvalue weighted by atomic mass is 10.1. The molecule has 0 aliphatic carbocycles. The molecule has 164 valence electrons. The van der Waals surface area contributed by atoms with Gasteiger partial charge in [-0.3, -0.25) is 14.2 Å². The molecule has 4 aromatic rings. The molecule has 2 heterocycles. The van der Waals surface area contributed by atoms with Crippen LogP contribution in [0.3, 0.4) is 0 Å². The van der Waals surface area contributed by atoms with Crippen LogP contribution in [0.5, 0.6) is 0 Å². The van der Waals surface area contributed by atoms with Crippen molar-refractivity contribution in [1.82, 2.24) is 14.9 Å². The van der Waals surface area contributed by atoms with E-state index in [9.17, 15) is 14.0 Å². The predicted octanol–water partition coefficient (Wildman–Crippen LogP) is 4.71. The molecular formula is C25H18BrFN4O2. The lowest BCUT2D eigenvalue weighted by Crippen LogP contribution is -2.35. The number of halogens is 2. The number of nitrogens with zero attached hydrogens (tertiary/aromatic N) is 3. The van der Waals surface area contributed by atoms with Gasteiger partial charge in [-0.25, -0.2) is 9.37 Å². The summed E-state index contributed by atoms with van der Waals surface area (Å²) in [6, 6.07) is 17.6. The summed E-state index contributed by atoms with van der Waals surface area (Å²) in [4.78, 5) is 30.8. The summed E-state index contributed by atoms with van der Waals surface area (Å²) in [5, 5.41) is 12.5. The molecule has 6 nitrogen and oxygen atoms in total. The van der Waals surface area contributed by atoms with E-state index in [1.165, 1.54) is 22.8 Å². The SMILES string of the molecule is C[C@@H](NC(=O)c1cc2cc(Br)cnc2n(Cc2ccc(C#N)cc2)c1=O)c1ccc(F)cc1. The number of aromatic nitrogens is 2. The zero-order chi connectivity index (χ0) is 23.5. The number of carbonyl (C=O) groups is 1. The Bertz CT molecular complexity index is 1440. The Kier molecular flexibility index (Phi) is 6.33. The van der Waals surface area contributed by atoms with Gasteiger partial charge in [0, 0.05) is 16.1 Å². The summed E-state index contributed by atoms with van der Waals surface area (Å²) >= 11 is 3.38. The zero-order valence-corrected chi connectivity index (χ0v) is 19.1. The standard InChI is InChI=1S/C25H18BrFN4O2/c1-15(18-6-8-21(27)9-7-18)30-24(32)22-11-19-10-20(26)13-29-23(19)31(25(22)33)14-17-4-2-16(12-28)3-5-17/h2-11,13,15H,14H2,1H3,(H,30,32)/t15-/m1/s1. The second-order valence-corrected chi connectivity index (χ2v) is 8.49. The predicted molar refractivity (Wildman–Crippen MR) is 126 cm³/mol. The van der Waals surface area contributed by atoms with Gasteiger partial charge in [-0.05, 0) is 70.4 Å². The van der Waals surface area contributed by atoms with E-state index in [1.807, 2.05) is 0 Å². The Labute approximate surface area is 197 Å². The number of fused-ring (bicyclic) bond motifs is 1. The number of nitriles is 1. The largest absolute Gasteiger partial charge is 0.345 e. The van der Waals surface area contributed by atoms with Crippen molar-refractivity contribution in [3.63, 3.8) is 0 Å². The molecule has 8 heteroatoms. The van der Waals surface area contributed by atoms with Crippen LogP contribution in [-0.4, -0.2) is 15.5 Å². The molecule has 2 aromatic heterocycles. The number of rotatable bonds is 5. The Hall–Kier alpha value is -3.83. The van der Waals surface area contributed by atoms with Crippen molar-refractivity contribution < 1.29 is 9.18 Å². The van der Waals surface area contributed by atoms with Gasteiger partial charge in [0.25, 0.3) is 11.5 Å². The van der Waals surface area contributed by atoms with Crippen molar-refractivity contribution in [2.24, 2.45) is 0 Å². The first-order chi connectivity index (χ1) is 15.9. The minimum Gasteiger partial charge on any atom is -0.345 e. The van der Waals surface area contributed by atoms with E-state index in [2.05, 4.69) is 32.3 Å². The molecule has 1 N–H and O–H groups in total. The highest BCUT2D eigenvalue weighted by Crippen LogP contribution is 2.19. The van der Waals surface area contributed by atoms with Crippen LogP contribution < -0.4 is 10.9 Å². The van der Waals surface area contributed by atoms with Crippen LogP contribution in [0.2, 0.25) is 0 Å². The van der Waals surface area contributed by atoms with Crippen LogP contribution in [0.4, 0.5) is 4.39 Å². The van der Waals surface area contributed by atoms with Crippen LogP contribution in [-0.2, 0) is 6.54 Å². The minimum atomic E-state index is -0.535. The van der Waals surface area contributed by atoms with Gasteiger partial charge in [0.05, 0.1) is 24.2 Å². The van der Waals surface area contributed by atoms with E-state index in [0.29, 0.717) is 26.6 Å². The van der Waals surface area contributed by atoms with E-state index in [-0.39, 0.29) is 17.9 Å². The van der Waals surface area contributed by atoms with Crippen LogP contribution >= 0.6 is 15.9 Å². The number of amides is 1. The average Bonchev–Trinajstić information content (AvgIpc) is 2.81. The molecule has 0 spiro atoms. The molecule has 0 aliphatic rings. The normalized spacial score (nSPS) is 11.7. The highest BCUT2D eigenvalue weighted by atomic mass is 79.9. The summed E-state index contributed by atoms with van der Waals surface area (Å²) < 4.78 is 15.4. The van der Waals surface area contributed by atoms with Crippen LogP contribution in [0.15, 0.2) is 76.1 Å². The van der Waals surface area contributed by atoms with Gasteiger partial charge in [0.1, 0.15) is 17.0 Å². The lowest BCUT2D eigenvalue weighted by Gasteiger charge is -2.16. The van der Waals surface area contributed by atoms with Crippen LogP contribution in [0.1, 0.15) is 40.0 Å². The average molecular weight is 505 g/mol. The molecule has 33 heavy (non-hydrogen) atoms. The molecule has 0 saturated carbocycles. The smallest absolute Gasteiger partial charge is 0.265 e. The summed E-state index contributed by atoms with van der Waals surface area (Å²) in [6.45, 7) is 1.95. The van der Waals surface area contributed by atoms with Gasteiger partial charge < -0.3 is 5.32 Å². The number of carbonyl (C=O) groups excluding carboxylic acids is 1. The Balaban J connectivity index is 1.74. The van der Waals surface area contributed by atoms with Crippen LogP contribution in [0, 0.1) is 17.1 Å². The maximum atomic E-state index is 13.3. The minimum absolute atomic E-state index is 0.0231. The summed E-state index contributed by atoms with van der Waals surface area (Å²) in [7, 11) is 0. The first-order valence-corrected chi connectivity index (χ1v) is 10.9. The third-order valence-electron chi connectivity index (χ3n) is 5.28. The Morgan fingerprint density at radius 3 is 2.55 bits per heavy atom. The molecule has 0 fully saturated rings. The molecule has 2 aromatic carbocycles. The lowest BCUT2D eigenvalue weighted by molar-refractivity contribution is 0.0938. The van der Waals surface area contributed by atoms with Crippen molar-refractivity contribution in [3.05, 3.63) is 110 Å². The summed E-state index contributed by atoms with van der Waals surface area (Å²) in [6.07, 6.45) is 1.59. The van der Waals surface area contributed by atoms with Gasteiger partial charge in [-0.1, -0.05) is 24.3 Å². The Morgan fingerprint density at radius 2 is 1.88 bits per heavy atom. The highest BCUT2D eigenvalue weighted by molar-refractivity contribution is 9.10. The maximum absolute atomic E-state index is 13.3. The topological polar surface area (TPSA) is 87.8 Å². The number of pyridine rings is 2. The first kappa shape index (κ1) is 22.4. The van der Waals surface area contributed by atoms with Gasteiger partial charge in [-0.15, -0.1) is 0 Å². The number of nitrogens with one attached hydrogen (secondary N) is 1. The van der Waals surface area contributed by atoms with Crippen molar-refractivity contribution in [2.75, 3.05) is 0 Å². The van der Waals surface area contributed by atoms with Crippen LogP contribution in [0.25, 0.3) is 11.0 Å². The third-order valence-corrected chi connectivity index (χ3v) is 5.71. The molecule has 0 aliphatic heterocycles. The van der Waals surface area contributed by atoms with Crippen molar-refractivity contribution in [1.29, 1.82) is 5.26 Å². The van der Waals surface area contributed by atoms with E-state index < -0.39 is 17.5 Å². The van der Waals surface area contributed by atoms with E-state index in [0.717, 1.165) is 5.56 Å². The highest BCUT2D eigenvalue weighted by Gasteiger charge is 2.19. The second kappa shape index (κ2) is 9.35. The molecule has 0 saturated heterocycles. The molecule has 1 amide bonds. The summed E-state index contributed by atoms with van der Waals surface area (Å²) in [5.74, 6) is -0.900. The number of hydrogen-bond donors (Lipinski definition) is 1. The number of benzene rings is 2. The fraction of sp³-hybridized carbons (Fsp3) is 0.120. The van der Waals surface area contributed by atoms with Gasteiger partial charge in [0.2, 0.25) is 0 Å². The van der Waals surface area contributed by atoms with E-state index >= 15 is 0 Å². The van der Waals surface area contributed by atoms with Crippen molar-refractivity contribution >= 4 is 32.9 Å². The zero-order valence-electron chi connectivity index (χ0n) is 17.5. The van der Waals surface area contributed by atoms with E-state index in [4.69, 9.17) is 5.26 Å². The van der Waals surface area contributed by atoms with Gasteiger partial charge in [0.15, 0.2) is 0 Å². The summed E-state index contributed by atoms with van der Waals surface area (Å²) in [5.41, 5.74) is 1.96. The fourth-order valence-corrected chi connectivity index (χ4v) is 3.87. The van der Waals surface area contributed by atoms with Crippen molar-refractivity contribution in [3.8, 4) is 6.07 Å². The monoisotopic (exact) mass is 504 g/mol. The van der Waals surface area contributed by atoms with Crippen molar-refractivity contribution in [2.45, 2.75) is 19.5 Å². The number of hydrogen-bond acceptors (Lipinski definition) is 4. The Morgan fingerprint density at radius 1 is 1.18 bits per heavy atom. The maximum Gasteiger partial charge on any atom is 0.265 e. The molecule has 1 atom stereocenters. The fourth-order valence-electron chi connectivity index (χ4n) is 3.52. The molecular weight excluding hydrogens is 487 g/mol.